The molecule has 1 atom stereocenters. The van der Waals surface area contributed by atoms with E-state index in [4.69, 9.17) is 5.73 Å². The van der Waals surface area contributed by atoms with Gasteiger partial charge in [0.25, 0.3) is 0 Å². The third-order valence-corrected chi connectivity index (χ3v) is 4.77. The van der Waals surface area contributed by atoms with Gasteiger partial charge >= 0.3 is 6.18 Å². The molecule has 0 radical (unpaired) electrons. The lowest BCUT2D eigenvalue weighted by Gasteiger charge is -2.28. The molecule has 0 aromatic carbocycles. The predicted molar refractivity (Wildman–Crippen MR) is 82.5 cm³/mol. The Morgan fingerprint density at radius 2 is 1.96 bits per heavy atom. The number of hydrogen-bond donors (Lipinski definition) is 2. The van der Waals surface area contributed by atoms with E-state index in [2.05, 4.69) is 10.1 Å². The topological polar surface area (TPSA) is 76.4 Å². The number of halogens is 3. The van der Waals surface area contributed by atoms with Crippen LogP contribution in [0.4, 0.5) is 13.2 Å². The maximum Gasteiger partial charge on any atom is 0.391 e. The van der Waals surface area contributed by atoms with Crippen molar-refractivity contribution in [3.63, 3.8) is 0 Å². The summed E-state index contributed by atoms with van der Waals surface area (Å²) >= 11 is 0. The number of nitrogens with two attached hydrogens (primary N) is 1. The van der Waals surface area contributed by atoms with Crippen LogP contribution in [-0.2, 0) is 0 Å². The van der Waals surface area contributed by atoms with Crippen LogP contribution in [0.3, 0.4) is 0 Å². The quantitative estimate of drug-likeness (QED) is 0.899. The van der Waals surface area contributed by atoms with Crippen LogP contribution in [-0.4, -0.2) is 32.4 Å². The number of rotatable bonds is 3. The molecule has 3 rings (SSSR count). The number of fused-ring (bicyclic) bond motifs is 1. The first-order chi connectivity index (χ1) is 11.3. The lowest BCUT2D eigenvalue weighted by Crippen LogP contribution is -2.27. The number of nitrogens with zero attached hydrogens (tertiary/aromatic N) is 3. The summed E-state index contributed by atoms with van der Waals surface area (Å²) in [5.74, 6) is -1.21. The van der Waals surface area contributed by atoms with Crippen molar-refractivity contribution in [2.75, 3.05) is 6.54 Å². The molecule has 8 heteroatoms. The van der Waals surface area contributed by atoms with Crippen LogP contribution < -0.4 is 5.73 Å². The second kappa shape index (κ2) is 6.33. The van der Waals surface area contributed by atoms with E-state index in [-0.39, 0.29) is 25.3 Å². The fourth-order valence-electron chi connectivity index (χ4n) is 3.42. The van der Waals surface area contributed by atoms with Crippen molar-refractivity contribution < 1.29 is 18.3 Å². The van der Waals surface area contributed by atoms with Crippen molar-refractivity contribution in [3.05, 3.63) is 29.2 Å². The number of alkyl halides is 3. The van der Waals surface area contributed by atoms with Crippen molar-refractivity contribution in [3.8, 4) is 0 Å². The lowest BCUT2D eigenvalue weighted by molar-refractivity contribution is -0.182. The summed E-state index contributed by atoms with van der Waals surface area (Å²) < 4.78 is 39.9. The van der Waals surface area contributed by atoms with Crippen LogP contribution in [0.2, 0.25) is 0 Å². The maximum atomic E-state index is 12.8. The molecule has 0 bridgehead atoms. The molecule has 3 N–H and O–H groups in total. The molecule has 1 fully saturated rings. The van der Waals surface area contributed by atoms with Crippen LogP contribution in [0.25, 0.3) is 5.65 Å². The second-order valence-corrected chi connectivity index (χ2v) is 6.50. The van der Waals surface area contributed by atoms with Crippen molar-refractivity contribution in [1.29, 1.82) is 0 Å². The van der Waals surface area contributed by atoms with Crippen molar-refractivity contribution in [2.45, 2.75) is 50.8 Å². The molecule has 0 amide bonds. The molecule has 0 unspecified atom stereocenters. The van der Waals surface area contributed by atoms with Crippen LogP contribution >= 0.6 is 0 Å². The van der Waals surface area contributed by atoms with E-state index in [1.165, 1.54) is 0 Å². The highest BCUT2D eigenvalue weighted by Crippen LogP contribution is 2.42. The number of aryl methyl sites for hydroxylation is 1. The van der Waals surface area contributed by atoms with Crippen molar-refractivity contribution in [1.82, 2.24) is 14.6 Å². The Labute approximate surface area is 137 Å². The molecular weight excluding hydrogens is 321 g/mol. The Bertz CT molecular complexity index is 720. The van der Waals surface area contributed by atoms with E-state index in [9.17, 15) is 18.3 Å². The summed E-state index contributed by atoms with van der Waals surface area (Å²) in [6.07, 6.45) is -3.78. The first kappa shape index (κ1) is 17.2. The highest BCUT2D eigenvalue weighted by atomic mass is 19.4. The average molecular weight is 342 g/mol. The van der Waals surface area contributed by atoms with Crippen molar-refractivity contribution in [2.24, 2.45) is 11.7 Å². The molecule has 2 heterocycles. The third kappa shape index (κ3) is 3.25. The van der Waals surface area contributed by atoms with E-state index in [0.29, 0.717) is 24.2 Å². The number of aliphatic hydroxyl groups is 1. The zero-order valence-electron chi connectivity index (χ0n) is 13.4. The van der Waals surface area contributed by atoms with Gasteiger partial charge in [0.05, 0.1) is 17.3 Å². The number of hydrogen-bond acceptors (Lipinski definition) is 4. The molecule has 0 aliphatic heterocycles. The van der Waals surface area contributed by atoms with E-state index < -0.39 is 18.2 Å². The van der Waals surface area contributed by atoms with E-state index in [0.717, 1.165) is 11.4 Å². The maximum absolute atomic E-state index is 12.8. The van der Waals surface area contributed by atoms with Gasteiger partial charge in [0.15, 0.2) is 5.65 Å². The Hall–Kier alpha value is -1.67. The smallest absolute Gasteiger partial charge is 0.385 e. The molecule has 0 spiro atoms. The van der Waals surface area contributed by atoms with Gasteiger partial charge in [-0.1, -0.05) is 0 Å². The summed E-state index contributed by atoms with van der Waals surface area (Å²) in [6, 6.07) is 3.53. The van der Waals surface area contributed by atoms with Gasteiger partial charge in [-0.3, -0.25) is 0 Å². The number of aliphatic hydroxyl groups excluding tert-OH is 1. The van der Waals surface area contributed by atoms with Crippen LogP contribution in [0.1, 0.15) is 54.8 Å². The Morgan fingerprint density at radius 3 is 2.54 bits per heavy atom. The minimum Gasteiger partial charge on any atom is -0.385 e. The zero-order valence-corrected chi connectivity index (χ0v) is 13.4. The predicted octanol–water partition coefficient (Wildman–Crippen LogP) is 2.87. The highest BCUT2D eigenvalue weighted by Gasteiger charge is 2.41. The summed E-state index contributed by atoms with van der Waals surface area (Å²) in [4.78, 5) is 4.39. The van der Waals surface area contributed by atoms with Gasteiger partial charge in [-0.25, -0.2) is 9.50 Å². The van der Waals surface area contributed by atoms with Gasteiger partial charge in [-0.2, -0.15) is 18.3 Å². The average Bonchev–Trinajstić information content (AvgIpc) is 2.96. The molecule has 5 nitrogen and oxygen atoms in total. The van der Waals surface area contributed by atoms with Gasteiger partial charge in [-0.15, -0.1) is 0 Å². The zero-order chi connectivity index (χ0) is 17.5. The molecule has 2 aromatic rings. The van der Waals surface area contributed by atoms with Gasteiger partial charge in [0, 0.05) is 24.2 Å². The second-order valence-electron chi connectivity index (χ2n) is 6.50. The first-order valence-corrected chi connectivity index (χ1v) is 8.11. The molecule has 2 aromatic heterocycles. The Balaban J connectivity index is 1.87. The van der Waals surface area contributed by atoms with E-state index >= 15 is 0 Å². The summed E-state index contributed by atoms with van der Waals surface area (Å²) in [5.41, 5.74) is 8.14. The first-order valence-electron chi connectivity index (χ1n) is 8.11. The Kier molecular flexibility index (Phi) is 4.52. The third-order valence-electron chi connectivity index (χ3n) is 4.77. The van der Waals surface area contributed by atoms with E-state index in [1.807, 2.05) is 6.92 Å². The van der Waals surface area contributed by atoms with E-state index in [1.54, 1.807) is 16.6 Å². The Morgan fingerprint density at radius 1 is 1.29 bits per heavy atom. The minimum absolute atomic E-state index is 0.00604. The highest BCUT2D eigenvalue weighted by molar-refractivity contribution is 5.43. The molecule has 1 aliphatic rings. The minimum atomic E-state index is -4.11. The van der Waals surface area contributed by atoms with Gasteiger partial charge in [0.1, 0.15) is 6.10 Å². The van der Waals surface area contributed by atoms with Crippen LogP contribution in [0, 0.1) is 12.8 Å². The molecule has 132 valence electrons. The number of aromatic nitrogens is 3. The molecule has 1 aliphatic carbocycles. The molecular formula is C16H21F3N4O. The summed E-state index contributed by atoms with van der Waals surface area (Å²) in [5, 5.41) is 14.5. The van der Waals surface area contributed by atoms with Gasteiger partial charge in [0.2, 0.25) is 0 Å². The van der Waals surface area contributed by atoms with Gasteiger partial charge < -0.3 is 10.8 Å². The molecule has 24 heavy (non-hydrogen) atoms. The standard InChI is InChI=1S/C16H21F3N4O/c1-9-6-13(14(24)8-20)23-15(21-9)7-12(22-23)10-2-4-11(5-3-10)16(17,18)19/h6-7,10-11,14,24H,2-5,8,20H2,1H3/t10?,11?,14-/m1/s1. The normalized spacial score (nSPS) is 23.6. The molecule has 0 saturated heterocycles. The summed E-state index contributed by atoms with van der Waals surface area (Å²) in [6.45, 7) is 1.87. The summed E-state index contributed by atoms with van der Waals surface area (Å²) in [7, 11) is 0. The van der Waals surface area contributed by atoms with Gasteiger partial charge in [-0.05, 0) is 38.7 Å². The fraction of sp³-hybridized carbons (Fsp3) is 0.625. The van der Waals surface area contributed by atoms with Crippen LogP contribution in [0.15, 0.2) is 12.1 Å². The fourth-order valence-corrected chi connectivity index (χ4v) is 3.42. The largest absolute Gasteiger partial charge is 0.391 e. The lowest BCUT2D eigenvalue weighted by atomic mass is 9.80. The SMILES string of the molecule is Cc1cc([C@H](O)CN)n2nc(C3CCC(C(F)(F)F)CC3)cc2n1. The van der Waals surface area contributed by atoms with Crippen molar-refractivity contribution >= 4 is 5.65 Å². The monoisotopic (exact) mass is 342 g/mol. The molecule has 1 saturated carbocycles. The van der Waals surface area contributed by atoms with Crippen LogP contribution in [0.5, 0.6) is 0 Å².